The lowest BCUT2D eigenvalue weighted by molar-refractivity contribution is -0.0731. The molecule has 11 heavy (non-hydrogen) atoms. The van der Waals surface area contributed by atoms with Crippen LogP contribution >= 0.6 is 15.9 Å². The first-order valence-corrected chi connectivity index (χ1v) is 4.12. The van der Waals surface area contributed by atoms with Gasteiger partial charge in [-0.2, -0.15) is 5.06 Å². The van der Waals surface area contributed by atoms with Crippen LogP contribution in [0.4, 0.5) is 0 Å². The van der Waals surface area contributed by atoms with Gasteiger partial charge < -0.3 is 5.21 Å². The molecule has 0 saturated carbocycles. The van der Waals surface area contributed by atoms with Crippen LogP contribution in [-0.4, -0.2) is 17.3 Å². The van der Waals surface area contributed by atoms with Crippen molar-refractivity contribution in [3.8, 4) is 0 Å². The highest BCUT2D eigenvalue weighted by atomic mass is 79.9. The van der Waals surface area contributed by atoms with Crippen molar-refractivity contribution < 1.29 is 5.21 Å². The first-order chi connectivity index (χ1) is 5.18. The van der Waals surface area contributed by atoms with Crippen molar-refractivity contribution in [3.63, 3.8) is 0 Å². The van der Waals surface area contributed by atoms with Crippen molar-refractivity contribution in [2.75, 3.05) is 7.05 Å². The lowest BCUT2D eigenvalue weighted by Crippen LogP contribution is -2.11. The fourth-order valence-corrected chi connectivity index (χ4v) is 1.12. The molecule has 0 radical (unpaired) electrons. The Kier molecular flexibility index (Phi) is 3.05. The van der Waals surface area contributed by atoms with Crippen molar-refractivity contribution in [1.29, 1.82) is 0 Å². The highest BCUT2D eigenvalue weighted by molar-refractivity contribution is 9.10. The van der Waals surface area contributed by atoms with Crippen LogP contribution < -0.4 is 0 Å². The molecule has 0 aromatic heterocycles. The summed E-state index contributed by atoms with van der Waals surface area (Å²) in [5.41, 5.74) is 1.10. The minimum Gasteiger partial charge on any atom is -0.314 e. The van der Waals surface area contributed by atoms with Gasteiger partial charge in [-0.25, -0.2) is 0 Å². The second kappa shape index (κ2) is 3.85. The summed E-state index contributed by atoms with van der Waals surface area (Å²) in [7, 11) is 1.63. The van der Waals surface area contributed by atoms with Crippen LogP contribution in [0.5, 0.6) is 0 Å². The van der Waals surface area contributed by atoms with E-state index in [4.69, 9.17) is 5.21 Å². The molecule has 0 fully saturated rings. The van der Waals surface area contributed by atoms with Gasteiger partial charge >= 0.3 is 0 Å². The molecule has 1 N–H and O–H groups in total. The number of halogens is 1. The van der Waals surface area contributed by atoms with Gasteiger partial charge in [0.25, 0.3) is 0 Å². The summed E-state index contributed by atoms with van der Waals surface area (Å²) in [6.07, 6.45) is 0. The molecule has 0 atom stereocenters. The maximum absolute atomic E-state index is 8.90. The summed E-state index contributed by atoms with van der Waals surface area (Å²) in [5.74, 6) is 0. The van der Waals surface area contributed by atoms with Crippen molar-refractivity contribution in [3.05, 3.63) is 34.3 Å². The van der Waals surface area contributed by atoms with E-state index in [0.29, 0.717) is 6.54 Å². The molecular formula is C8H10BrNO. The molecular weight excluding hydrogens is 206 g/mol. The van der Waals surface area contributed by atoms with Crippen LogP contribution in [0.25, 0.3) is 0 Å². The molecule has 0 aliphatic carbocycles. The van der Waals surface area contributed by atoms with Gasteiger partial charge in [-0.1, -0.05) is 28.1 Å². The molecule has 60 valence electrons. The van der Waals surface area contributed by atoms with Crippen LogP contribution in [-0.2, 0) is 6.54 Å². The van der Waals surface area contributed by atoms with Gasteiger partial charge in [0.1, 0.15) is 0 Å². The monoisotopic (exact) mass is 215 g/mol. The molecule has 0 aliphatic rings. The molecule has 0 saturated heterocycles. The first-order valence-electron chi connectivity index (χ1n) is 3.33. The van der Waals surface area contributed by atoms with E-state index in [2.05, 4.69) is 15.9 Å². The predicted molar refractivity (Wildman–Crippen MR) is 47.4 cm³/mol. The maximum Gasteiger partial charge on any atom is 0.0485 e. The Labute approximate surface area is 74.5 Å². The number of nitrogens with zero attached hydrogens (tertiary/aromatic N) is 1. The Bertz CT molecular complexity index is 220. The third kappa shape index (κ3) is 3.01. The second-order valence-corrected chi connectivity index (χ2v) is 3.36. The molecule has 1 aromatic carbocycles. The summed E-state index contributed by atoms with van der Waals surface area (Å²) >= 11 is 3.34. The third-order valence-corrected chi connectivity index (χ3v) is 1.85. The second-order valence-electron chi connectivity index (χ2n) is 2.44. The van der Waals surface area contributed by atoms with Crippen LogP contribution in [0.15, 0.2) is 28.7 Å². The van der Waals surface area contributed by atoms with Gasteiger partial charge in [-0.15, -0.1) is 0 Å². The minimum absolute atomic E-state index is 0.563. The Morgan fingerprint density at radius 1 is 1.36 bits per heavy atom. The zero-order chi connectivity index (χ0) is 8.27. The Morgan fingerprint density at radius 2 is 1.91 bits per heavy atom. The highest BCUT2D eigenvalue weighted by Gasteiger charge is 1.94. The van der Waals surface area contributed by atoms with Crippen LogP contribution in [0, 0.1) is 0 Å². The van der Waals surface area contributed by atoms with E-state index in [1.807, 2.05) is 24.3 Å². The zero-order valence-corrected chi connectivity index (χ0v) is 7.87. The van der Waals surface area contributed by atoms with Gasteiger partial charge in [0.2, 0.25) is 0 Å². The maximum atomic E-state index is 8.90. The highest BCUT2D eigenvalue weighted by Crippen LogP contribution is 2.10. The topological polar surface area (TPSA) is 23.5 Å². The average Bonchev–Trinajstić information content (AvgIpc) is 1.93. The molecule has 2 nitrogen and oxygen atoms in total. The summed E-state index contributed by atoms with van der Waals surface area (Å²) in [4.78, 5) is 0. The zero-order valence-electron chi connectivity index (χ0n) is 6.29. The van der Waals surface area contributed by atoms with Crippen molar-refractivity contribution in [2.45, 2.75) is 6.54 Å². The SMILES string of the molecule is CN(O)Cc1ccc(Br)cc1. The predicted octanol–water partition coefficient (Wildman–Crippen LogP) is 2.27. The fourth-order valence-electron chi connectivity index (χ4n) is 0.854. The molecule has 0 heterocycles. The van der Waals surface area contributed by atoms with Crippen LogP contribution in [0.2, 0.25) is 0 Å². The van der Waals surface area contributed by atoms with E-state index in [-0.39, 0.29) is 0 Å². The minimum atomic E-state index is 0.563. The molecule has 1 aromatic rings. The van der Waals surface area contributed by atoms with Gasteiger partial charge in [0.15, 0.2) is 0 Å². The van der Waals surface area contributed by atoms with Crippen molar-refractivity contribution >= 4 is 15.9 Å². The van der Waals surface area contributed by atoms with E-state index in [1.165, 1.54) is 0 Å². The molecule has 0 spiro atoms. The molecule has 0 unspecified atom stereocenters. The molecule has 0 amide bonds. The number of hydroxylamine groups is 2. The van der Waals surface area contributed by atoms with E-state index < -0.39 is 0 Å². The molecule has 3 heteroatoms. The Balaban J connectivity index is 2.66. The lowest BCUT2D eigenvalue weighted by Gasteiger charge is -2.06. The molecule has 1 rings (SSSR count). The smallest absolute Gasteiger partial charge is 0.0485 e. The van der Waals surface area contributed by atoms with E-state index in [0.717, 1.165) is 15.1 Å². The summed E-state index contributed by atoms with van der Waals surface area (Å²) in [6.45, 7) is 0.563. The van der Waals surface area contributed by atoms with Crippen molar-refractivity contribution in [1.82, 2.24) is 5.06 Å². The largest absolute Gasteiger partial charge is 0.314 e. The fraction of sp³-hybridized carbons (Fsp3) is 0.250. The Morgan fingerprint density at radius 3 is 2.36 bits per heavy atom. The number of benzene rings is 1. The van der Waals surface area contributed by atoms with Crippen LogP contribution in [0.1, 0.15) is 5.56 Å². The quantitative estimate of drug-likeness (QED) is 0.766. The summed E-state index contributed by atoms with van der Waals surface area (Å²) in [6, 6.07) is 7.85. The number of hydrogen-bond acceptors (Lipinski definition) is 2. The van der Waals surface area contributed by atoms with Crippen LogP contribution in [0.3, 0.4) is 0 Å². The molecule has 0 aliphatic heterocycles. The standard InChI is InChI=1S/C8H10BrNO/c1-10(11)6-7-2-4-8(9)5-3-7/h2-5,11H,6H2,1H3. The Hall–Kier alpha value is -0.380. The van der Waals surface area contributed by atoms with Crippen molar-refractivity contribution in [2.24, 2.45) is 0 Å². The normalized spacial score (nSPS) is 10.5. The van der Waals surface area contributed by atoms with Gasteiger partial charge in [-0.05, 0) is 17.7 Å². The average molecular weight is 216 g/mol. The number of hydrogen-bond donors (Lipinski definition) is 1. The lowest BCUT2D eigenvalue weighted by atomic mass is 10.2. The van der Waals surface area contributed by atoms with Gasteiger partial charge in [0.05, 0.1) is 0 Å². The molecule has 0 bridgehead atoms. The van der Waals surface area contributed by atoms with Gasteiger partial charge in [-0.3, -0.25) is 0 Å². The van der Waals surface area contributed by atoms with E-state index in [1.54, 1.807) is 7.05 Å². The first kappa shape index (κ1) is 8.71. The summed E-state index contributed by atoms with van der Waals surface area (Å²) < 4.78 is 1.06. The number of rotatable bonds is 2. The third-order valence-electron chi connectivity index (χ3n) is 1.32. The van der Waals surface area contributed by atoms with E-state index in [9.17, 15) is 0 Å². The summed E-state index contributed by atoms with van der Waals surface area (Å²) in [5, 5.41) is 10.1. The van der Waals surface area contributed by atoms with E-state index >= 15 is 0 Å². The van der Waals surface area contributed by atoms with Gasteiger partial charge in [0, 0.05) is 18.1 Å².